The van der Waals surface area contributed by atoms with Gasteiger partial charge < -0.3 is 4.98 Å². The standard InChI is InChI=1S/C19H28N6OS/c1-4-6-12(3)27(26)24-14-9-13(5-2)15(10-14)19-23-22-17-11-21-18-16(25(17)19)7-8-20-18/h7-8,11-15,20,24H,4-6,9-10H2,1-3H3. The number of rotatable bonds is 7. The third kappa shape index (κ3) is 3.40. The summed E-state index contributed by atoms with van der Waals surface area (Å²) < 4.78 is 18.1. The van der Waals surface area contributed by atoms with Crippen molar-refractivity contribution in [1.82, 2.24) is 29.3 Å². The van der Waals surface area contributed by atoms with Crippen molar-refractivity contribution < 1.29 is 4.21 Å². The smallest absolute Gasteiger partial charge is 0.179 e. The van der Waals surface area contributed by atoms with Gasteiger partial charge >= 0.3 is 0 Å². The molecule has 8 heteroatoms. The molecule has 0 amide bonds. The highest BCUT2D eigenvalue weighted by molar-refractivity contribution is 7.83. The molecule has 4 rings (SSSR count). The maximum atomic E-state index is 12.6. The second-order valence-corrected chi connectivity index (χ2v) is 9.31. The average molecular weight is 389 g/mol. The first kappa shape index (κ1) is 18.6. The van der Waals surface area contributed by atoms with E-state index < -0.39 is 11.0 Å². The molecule has 7 nitrogen and oxygen atoms in total. The van der Waals surface area contributed by atoms with Gasteiger partial charge in [0.2, 0.25) is 0 Å². The fraction of sp³-hybridized carbons (Fsp3) is 0.632. The number of nitrogens with one attached hydrogen (secondary N) is 2. The zero-order valence-electron chi connectivity index (χ0n) is 16.2. The molecule has 0 bridgehead atoms. The number of hydrogen-bond donors (Lipinski definition) is 2. The van der Waals surface area contributed by atoms with E-state index in [1.807, 2.05) is 12.3 Å². The van der Waals surface area contributed by atoms with E-state index in [2.05, 4.69) is 50.1 Å². The Morgan fingerprint density at radius 2 is 2.22 bits per heavy atom. The molecule has 3 aromatic heterocycles. The van der Waals surface area contributed by atoms with Crippen LogP contribution in [-0.4, -0.2) is 40.1 Å². The molecule has 1 fully saturated rings. The number of aromatic nitrogens is 5. The van der Waals surface area contributed by atoms with E-state index in [9.17, 15) is 4.21 Å². The lowest BCUT2D eigenvalue weighted by molar-refractivity contribution is 0.449. The van der Waals surface area contributed by atoms with Gasteiger partial charge in [0, 0.05) is 23.4 Å². The molecule has 0 aromatic carbocycles. The summed E-state index contributed by atoms with van der Waals surface area (Å²) in [4.78, 5) is 7.57. The Morgan fingerprint density at radius 1 is 1.37 bits per heavy atom. The average Bonchev–Trinajstić information content (AvgIpc) is 3.37. The van der Waals surface area contributed by atoms with Gasteiger partial charge in [0.15, 0.2) is 11.3 Å². The number of aromatic amines is 1. The van der Waals surface area contributed by atoms with Crippen molar-refractivity contribution in [2.75, 3.05) is 0 Å². The van der Waals surface area contributed by atoms with Gasteiger partial charge in [-0.1, -0.05) is 26.7 Å². The van der Waals surface area contributed by atoms with E-state index in [1.54, 1.807) is 6.20 Å². The number of nitrogens with zero attached hydrogens (tertiary/aromatic N) is 4. The minimum Gasteiger partial charge on any atom is -0.345 e. The third-order valence-electron chi connectivity index (χ3n) is 5.86. The molecule has 146 valence electrons. The molecule has 1 aliphatic rings. The van der Waals surface area contributed by atoms with E-state index in [0.29, 0.717) is 11.8 Å². The van der Waals surface area contributed by atoms with Crippen LogP contribution in [0.1, 0.15) is 64.6 Å². The first-order valence-corrected chi connectivity index (χ1v) is 11.2. The summed E-state index contributed by atoms with van der Waals surface area (Å²) in [5.74, 6) is 1.82. The third-order valence-corrected chi connectivity index (χ3v) is 7.39. The van der Waals surface area contributed by atoms with Gasteiger partial charge in [0.1, 0.15) is 5.82 Å². The van der Waals surface area contributed by atoms with Crippen LogP contribution in [0.5, 0.6) is 0 Å². The second-order valence-electron chi connectivity index (χ2n) is 7.68. The van der Waals surface area contributed by atoms with Gasteiger partial charge in [0.25, 0.3) is 0 Å². The molecule has 3 aromatic rings. The topological polar surface area (TPSA) is 88.0 Å². The van der Waals surface area contributed by atoms with E-state index >= 15 is 0 Å². The Hall–Kier alpha value is -1.80. The van der Waals surface area contributed by atoms with Gasteiger partial charge in [0.05, 0.1) is 22.7 Å². The minimum atomic E-state index is -0.984. The highest BCUT2D eigenvalue weighted by atomic mass is 32.2. The minimum absolute atomic E-state index is 0.189. The van der Waals surface area contributed by atoms with Crippen molar-refractivity contribution in [3.05, 3.63) is 24.3 Å². The lowest BCUT2D eigenvalue weighted by atomic mass is 9.93. The molecule has 2 N–H and O–H groups in total. The van der Waals surface area contributed by atoms with Gasteiger partial charge in [-0.05, 0) is 38.2 Å². The van der Waals surface area contributed by atoms with Crippen LogP contribution in [0.15, 0.2) is 18.5 Å². The Morgan fingerprint density at radius 3 is 3.00 bits per heavy atom. The summed E-state index contributed by atoms with van der Waals surface area (Å²) >= 11 is 0. The van der Waals surface area contributed by atoms with Crippen LogP contribution in [0, 0.1) is 5.92 Å². The molecule has 1 aliphatic carbocycles. The summed E-state index contributed by atoms with van der Waals surface area (Å²) in [7, 11) is -0.984. The maximum absolute atomic E-state index is 12.6. The first-order valence-electron chi connectivity index (χ1n) is 9.96. The number of fused-ring (bicyclic) bond motifs is 3. The van der Waals surface area contributed by atoms with Crippen molar-refractivity contribution in [3.8, 4) is 0 Å². The van der Waals surface area contributed by atoms with Gasteiger partial charge in [-0.2, -0.15) is 0 Å². The molecule has 5 atom stereocenters. The highest BCUT2D eigenvalue weighted by Gasteiger charge is 2.38. The number of H-pyrrole nitrogens is 1. The second kappa shape index (κ2) is 7.67. The molecule has 0 spiro atoms. The highest BCUT2D eigenvalue weighted by Crippen LogP contribution is 2.41. The molecule has 5 unspecified atom stereocenters. The molecule has 1 saturated carbocycles. The lowest BCUT2D eigenvalue weighted by Crippen LogP contribution is -2.34. The maximum Gasteiger partial charge on any atom is 0.179 e. The molecule has 0 saturated heterocycles. The van der Waals surface area contributed by atoms with E-state index in [4.69, 9.17) is 0 Å². The molecular formula is C19H28N6OS. The van der Waals surface area contributed by atoms with Crippen molar-refractivity contribution >= 4 is 27.8 Å². The first-order chi connectivity index (χ1) is 13.1. The summed E-state index contributed by atoms with van der Waals surface area (Å²) in [5, 5.41) is 9.08. The van der Waals surface area contributed by atoms with Crippen molar-refractivity contribution in [2.24, 2.45) is 5.92 Å². The summed E-state index contributed by atoms with van der Waals surface area (Å²) in [6.45, 7) is 6.44. The zero-order chi connectivity index (χ0) is 19.0. The van der Waals surface area contributed by atoms with E-state index in [1.165, 1.54) is 0 Å². The van der Waals surface area contributed by atoms with E-state index in [0.717, 1.165) is 54.7 Å². The molecule has 0 aliphatic heterocycles. The summed E-state index contributed by atoms with van der Waals surface area (Å²) in [6, 6.07) is 2.28. The predicted octanol–water partition coefficient (Wildman–Crippen LogP) is 3.32. The van der Waals surface area contributed by atoms with Gasteiger partial charge in [-0.25, -0.2) is 13.9 Å². The lowest BCUT2D eigenvalue weighted by Gasteiger charge is -2.16. The quantitative estimate of drug-likeness (QED) is 0.650. The van der Waals surface area contributed by atoms with Gasteiger partial charge in [-0.3, -0.25) is 4.40 Å². The van der Waals surface area contributed by atoms with E-state index in [-0.39, 0.29) is 11.3 Å². The Kier molecular flexibility index (Phi) is 5.27. The van der Waals surface area contributed by atoms with Crippen molar-refractivity contribution in [3.63, 3.8) is 0 Å². The largest absolute Gasteiger partial charge is 0.345 e. The normalized spacial score (nSPS) is 25.4. The van der Waals surface area contributed by atoms with Crippen molar-refractivity contribution in [2.45, 2.75) is 70.1 Å². The predicted molar refractivity (Wildman–Crippen MR) is 108 cm³/mol. The summed E-state index contributed by atoms with van der Waals surface area (Å²) in [5.41, 5.74) is 2.64. The fourth-order valence-electron chi connectivity index (χ4n) is 4.42. The summed E-state index contributed by atoms with van der Waals surface area (Å²) in [6.07, 6.45) is 8.76. The van der Waals surface area contributed by atoms with Crippen LogP contribution in [0.3, 0.4) is 0 Å². The Labute approximate surface area is 162 Å². The van der Waals surface area contributed by atoms with Crippen LogP contribution < -0.4 is 4.72 Å². The molecule has 0 radical (unpaired) electrons. The molecular weight excluding hydrogens is 360 g/mol. The number of hydrogen-bond acceptors (Lipinski definition) is 4. The molecule has 3 heterocycles. The monoisotopic (exact) mass is 388 g/mol. The van der Waals surface area contributed by atoms with Crippen LogP contribution in [-0.2, 0) is 11.0 Å². The van der Waals surface area contributed by atoms with Crippen LogP contribution in [0.25, 0.3) is 16.8 Å². The van der Waals surface area contributed by atoms with Crippen LogP contribution in [0.4, 0.5) is 0 Å². The Bertz CT molecular complexity index is 950. The fourth-order valence-corrected chi connectivity index (χ4v) is 5.62. The Balaban J connectivity index is 1.61. The molecule has 27 heavy (non-hydrogen) atoms. The SMILES string of the molecule is CCCC(C)S(=O)NC1CC(CC)C(c2nnc3cnc4[nH]ccc4n23)C1. The van der Waals surface area contributed by atoms with Crippen LogP contribution in [0.2, 0.25) is 0 Å². The zero-order valence-corrected chi connectivity index (χ0v) is 17.0. The van der Waals surface area contributed by atoms with Gasteiger partial charge in [-0.15, -0.1) is 10.2 Å². The van der Waals surface area contributed by atoms with Crippen LogP contribution >= 0.6 is 0 Å². The van der Waals surface area contributed by atoms with Crippen molar-refractivity contribution in [1.29, 1.82) is 0 Å².